The van der Waals surface area contributed by atoms with Gasteiger partial charge in [0, 0.05) is 32.8 Å². The molecule has 1 aromatic heterocycles. The van der Waals surface area contributed by atoms with E-state index < -0.39 is 0 Å². The molecule has 0 radical (unpaired) electrons. The fourth-order valence-corrected chi connectivity index (χ4v) is 1.59. The maximum absolute atomic E-state index is 6.01. The van der Waals surface area contributed by atoms with E-state index >= 15 is 0 Å². The van der Waals surface area contributed by atoms with Crippen LogP contribution in [0.25, 0.3) is 0 Å². The van der Waals surface area contributed by atoms with Crippen LogP contribution in [0, 0.1) is 0 Å². The molecule has 0 aromatic carbocycles. The monoisotopic (exact) mass is 197 g/mol. The van der Waals surface area contributed by atoms with Gasteiger partial charge in [-0.05, 0) is 12.5 Å². The van der Waals surface area contributed by atoms with E-state index in [1.54, 1.807) is 11.8 Å². The van der Waals surface area contributed by atoms with Crippen LogP contribution in [0.2, 0.25) is 0 Å². The van der Waals surface area contributed by atoms with E-state index in [0.717, 1.165) is 18.5 Å². The maximum atomic E-state index is 6.01. The Morgan fingerprint density at radius 2 is 2.36 bits per heavy atom. The lowest BCUT2D eigenvalue weighted by atomic mass is 10.0. The molecule has 0 amide bonds. The summed E-state index contributed by atoms with van der Waals surface area (Å²) in [5.74, 6) is 0. The number of nitrogens with two attached hydrogens (primary N) is 1. The molecule has 1 aromatic rings. The van der Waals surface area contributed by atoms with Gasteiger partial charge in [-0.15, -0.1) is 0 Å². The highest BCUT2D eigenvalue weighted by molar-refractivity contribution is 5.01. The smallest absolute Gasteiger partial charge is 0.0723 e. The minimum atomic E-state index is 0.0277. The second kappa shape index (κ2) is 5.12. The van der Waals surface area contributed by atoms with Crippen molar-refractivity contribution in [3.05, 3.63) is 18.0 Å². The predicted octanol–water partition coefficient (Wildman–Crippen LogP) is 0.715. The quantitative estimate of drug-likeness (QED) is 0.756. The normalized spacial score (nSPS) is 15.4. The van der Waals surface area contributed by atoms with Gasteiger partial charge in [0.2, 0.25) is 0 Å². The largest absolute Gasteiger partial charge is 0.380 e. The minimum absolute atomic E-state index is 0.0277. The number of rotatable bonds is 5. The first-order valence-electron chi connectivity index (χ1n) is 4.94. The van der Waals surface area contributed by atoms with Gasteiger partial charge < -0.3 is 10.5 Å². The Kier molecular flexibility index (Phi) is 4.10. The number of aryl methyl sites for hydroxylation is 1. The van der Waals surface area contributed by atoms with Crippen molar-refractivity contribution < 1.29 is 4.74 Å². The predicted molar refractivity (Wildman–Crippen MR) is 56.0 cm³/mol. The van der Waals surface area contributed by atoms with Gasteiger partial charge in [-0.2, -0.15) is 5.10 Å². The Morgan fingerprint density at radius 3 is 2.79 bits per heavy atom. The molecule has 4 nitrogen and oxygen atoms in total. The van der Waals surface area contributed by atoms with Crippen LogP contribution >= 0.6 is 0 Å². The number of aromatic nitrogens is 2. The van der Waals surface area contributed by atoms with Crippen molar-refractivity contribution in [3.63, 3.8) is 0 Å². The highest BCUT2D eigenvalue weighted by atomic mass is 16.5. The molecule has 0 aliphatic rings. The summed E-state index contributed by atoms with van der Waals surface area (Å²) >= 11 is 0. The van der Waals surface area contributed by atoms with E-state index in [9.17, 15) is 0 Å². The molecule has 0 aliphatic heterocycles. The Hall–Kier alpha value is -0.870. The SMILES string of the molecule is CCC(OC)C(N)Cc1ccn(C)n1. The summed E-state index contributed by atoms with van der Waals surface area (Å²) in [4.78, 5) is 0. The summed E-state index contributed by atoms with van der Waals surface area (Å²) in [6.45, 7) is 2.08. The Balaban J connectivity index is 2.51. The molecule has 0 saturated carbocycles. The molecule has 14 heavy (non-hydrogen) atoms. The van der Waals surface area contributed by atoms with Crippen molar-refractivity contribution in [2.75, 3.05) is 7.11 Å². The molecule has 2 unspecified atom stereocenters. The highest BCUT2D eigenvalue weighted by Crippen LogP contribution is 2.06. The molecular weight excluding hydrogens is 178 g/mol. The van der Waals surface area contributed by atoms with Crippen molar-refractivity contribution in [2.45, 2.75) is 31.9 Å². The molecule has 4 heteroatoms. The van der Waals surface area contributed by atoms with Crippen LogP contribution in [0.4, 0.5) is 0 Å². The van der Waals surface area contributed by atoms with Gasteiger partial charge in [0.05, 0.1) is 11.8 Å². The molecule has 2 atom stereocenters. The van der Waals surface area contributed by atoms with Crippen molar-refractivity contribution in [2.24, 2.45) is 12.8 Å². The van der Waals surface area contributed by atoms with Gasteiger partial charge in [0.1, 0.15) is 0 Å². The third kappa shape index (κ3) is 2.82. The number of methoxy groups -OCH3 is 1. The van der Waals surface area contributed by atoms with Crippen LogP contribution in [0.3, 0.4) is 0 Å². The molecular formula is C10H19N3O. The third-order valence-electron chi connectivity index (χ3n) is 2.40. The van der Waals surface area contributed by atoms with E-state index in [0.29, 0.717) is 0 Å². The van der Waals surface area contributed by atoms with Gasteiger partial charge in [0.15, 0.2) is 0 Å². The van der Waals surface area contributed by atoms with Crippen molar-refractivity contribution in [1.82, 2.24) is 9.78 Å². The Bertz CT molecular complexity index is 268. The molecule has 0 bridgehead atoms. The average molecular weight is 197 g/mol. The molecule has 0 spiro atoms. The van der Waals surface area contributed by atoms with Crippen molar-refractivity contribution in [1.29, 1.82) is 0 Å². The minimum Gasteiger partial charge on any atom is -0.380 e. The van der Waals surface area contributed by atoms with Gasteiger partial charge in [0.25, 0.3) is 0 Å². The topological polar surface area (TPSA) is 53.1 Å². The molecule has 0 fully saturated rings. The summed E-state index contributed by atoms with van der Waals surface area (Å²) in [5.41, 5.74) is 7.03. The van der Waals surface area contributed by atoms with Crippen LogP contribution in [0.15, 0.2) is 12.3 Å². The standard InChI is InChI=1S/C10H19N3O/c1-4-10(14-3)9(11)7-8-5-6-13(2)12-8/h5-6,9-10H,4,7,11H2,1-3H3. The second-order valence-corrected chi connectivity index (χ2v) is 3.53. The molecule has 1 rings (SSSR count). The summed E-state index contributed by atoms with van der Waals surface area (Å²) in [6.07, 6.45) is 3.75. The maximum Gasteiger partial charge on any atom is 0.0723 e. The molecule has 80 valence electrons. The number of nitrogens with zero attached hydrogens (tertiary/aromatic N) is 2. The van der Waals surface area contributed by atoms with Gasteiger partial charge in [-0.3, -0.25) is 4.68 Å². The van der Waals surface area contributed by atoms with Crippen molar-refractivity contribution >= 4 is 0 Å². The zero-order chi connectivity index (χ0) is 10.6. The van der Waals surface area contributed by atoms with Gasteiger partial charge in [-0.25, -0.2) is 0 Å². The summed E-state index contributed by atoms with van der Waals surface area (Å²) in [6, 6.07) is 2.02. The van der Waals surface area contributed by atoms with Crippen molar-refractivity contribution in [3.8, 4) is 0 Å². The van der Waals surface area contributed by atoms with E-state index in [1.807, 2.05) is 19.3 Å². The average Bonchev–Trinajstić information content (AvgIpc) is 2.53. The van der Waals surface area contributed by atoms with Crippen LogP contribution in [0.5, 0.6) is 0 Å². The lowest BCUT2D eigenvalue weighted by Gasteiger charge is -2.20. The fourth-order valence-electron chi connectivity index (χ4n) is 1.59. The highest BCUT2D eigenvalue weighted by Gasteiger charge is 2.16. The Morgan fingerprint density at radius 1 is 1.64 bits per heavy atom. The second-order valence-electron chi connectivity index (χ2n) is 3.53. The summed E-state index contributed by atoms with van der Waals surface area (Å²) < 4.78 is 7.07. The van der Waals surface area contributed by atoms with Crippen LogP contribution in [-0.2, 0) is 18.2 Å². The molecule has 0 aliphatic carbocycles. The van der Waals surface area contributed by atoms with Gasteiger partial charge >= 0.3 is 0 Å². The Labute approximate surface area is 85.0 Å². The van der Waals surface area contributed by atoms with E-state index in [-0.39, 0.29) is 12.1 Å². The van der Waals surface area contributed by atoms with Crippen LogP contribution in [-0.4, -0.2) is 29.0 Å². The van der Waals surface area contributed by atoms with Crippen LogP contribution in [0.1, 0.15) is 19.0 Å². The number of hydrogen-bond donors (Lipinski definition) is 1. The van der Waals surface area contributed by atoms with Gasteiger partial charge in [-0.1, -0.05) is 6.92 Å². The van der Waals surface area contributed by atoms with E-state index in [1.165, 1.54) is 0 Å². The molecule has 0 saturated heterocycles. The zero-order valence-electron chi connectivity index (χ0n) is 9.10. The first-order valence-corrected chi connectivity index (χ1v) is 4.94. The summed E-state index contributed by atoms with van der Waals surface area (Å²) in [5, 5.41) is 4.28. The first kappa shape index (κ1) is 11.2. The molecule has 1 heterocycles. The lowest BCUT2D eigenvalue weighted by molar-refractivity contribution is 0.0770. The fraction of sp³-hybridized carbons (Fsp3) is 0.700. The van der Waals surface area contributed by atoms with E-state index in [4.69, 9.17) is 10.5 Å². The van der Waals surface area contributed by atoms with E-state index in [2.05, 4.69) is 12.0 Å². The number of ether oxygens (including phenoxy) is 1. The van der Waals surface area contributed by atoms with Crippen LogP contribution < -0.4 is 5.73 Å². The zero-order valence-corrected chi connectivity index (χ0v) is 9.10. The first-order chi connectivity index (χ1) is 6.67. The number of hydrogen-bond acceptors (Lipinski definition) is 3. The third-order valence-corrected chi connectivity index (χ3v) is 2.40. The summed E-state index contributed by atoms with van der Waals surface area (Å²) in [7, 11) is 3.61. The lowest BCUT2D eigenvalue weighted by Crippen LogP contribution is -2.37. The molecule has 2 N–H and O–H groups in total.